The summed E-state index contributed by atoms with van der Waals surface area (Å²) in [6.45, 7) is 0.858. The molecule has 110 valence electrons. The minimum atomic E-state index is 0.0155. The Morgan fingerprint density at radius 3 is 2.47 bits per heavy atom. The predicted molar refractivity (Wildman–Crippen MR) is 75.6 cm³/mol. The van der Waals surface area contributed by atoms with E-state index in [1.807, 2.05) is 4.90 Å². The van der Waals surface area contributed by atoms with Crippen LogP contribution in [0.2, 0.25) is 0 Å². The molecule has 4 nitrogen and oxygen atoms in total. The molecule has 3 N–H and O–H groups in total. The molecule has 0 aromatic carbocycles. The van der Waals surface area contributed by atoms with Crippen molar-refractivity contribution in [2.24, 2.45) is 11.7 Å². The summed E-state index contributed by atoms with van der Waals surface area (Å²) in [4.78, 5) is 14.8. The molecule has 0 aliphatic heterocycles. The van der Waals surface area contributed by atoms with Gasteiger partial charge in [-0.15, -0.1) is 0 Å². The van der Waals surface area contributed by atoms with Gasteiger partial charge in [-0.3, -0.25) is 4.79 Å². The Hall–Kier alpha value is -0.610. The normalized spacial score (nSPS) is 28.5. The van der Waals surface area contributed by atoms with Crippen molar-refractivity contribution in [2.75, 3.05) is 13.2 Å². The lowest BCUT2D eigenvalue weighted by Gasteiger charge is -2.40. The van der Waals surface area contributed by atoms with Gasteiger partial charge in [0, 0.05) is 25.2 Å². The number of carbonyl (C=O) groups excluding carboxylic acids is 1. The quantitative estimate of drug-likeness (QED) is 0.745. The highest BCUT2D eigenvalue weighted by molar-refractivity contribution is 5.80. The lowest BCUT2D eigenvalue weighted by Crippen LogP contribution is -2.50. The van der Waals surface area contributed by atoms with E-state index >= 15 is 0 Å². The van der Waals surface area contributed by atoms with Crippen LogP contribution in [0.5, 0.6) is 0 Å². The Morgan fingerprint density at radius 1 is 1.11 bits per heavy atom. The Balaban J connectivity index is 1.99. The first-order valence-electron chi connectivity index (χ1n) is 7.91. The average molecular weight is 268 g/mol. The Kier molecular flexibility index (Phi) is 5.64. The first-order chi connectivity index (χ1) is 9.24. The molecule has 2 rings (SSSR count). The van der Waals surface area contributed by atoms with Gasteiger partial charge < -0.3 is 15.7 Å². The summed E-state index contributed by atoms with van der Waals surface area (Å²) in [5.74, 6) is 0.273. The Bertz CT molecular complexity index is 292. The lowest BCUT2D eigenvalue weighted by atomic mass is 9.88. The van der Waals surface area contributed by atoms with E-state index in [-0.39, 0.29) is 24.5 Å². The third kappa shape index (κ3) is 3.69. The van der Waals surface area contributed by atoms with Gasteiger partial charge in [0.2, 0.25) is 5.91 Å². The van der Waals surface area contributed by atoms with Crippen LogP contribution in [0.1, 0.15) is 57.8 Å². The van der Waals surface area contributed by atoms with Crippen LogP contribution in [0.4, 0.5) is 0 Å². The maximum atomic E-state index is 12.8. The molecule has 2 fully saturated rings. The van der Waals surface area contributed by atoms with Gasteiger partial charge in [-0.2, -0.15) is 0 Å². The van der Waals surface area contributed by atoms with E-state index in [4.69, 9.17) is 10.8 Å². The van der Waals surface area contributed by atoms with Crippen molar-refractivity contribution in [1.82, 2.24) is 4.90 Å². The van der Waals surface area contributed by atoms with Crippen LogP contribution in [0.25, 0.3) is 0 Å². The van der Waals surface area contributed by atoms with Gasteiger partial charge >= 0.3 is 0 Å². The van der Waals surface area contributed by atoms with E-state index in [2.05, 4.69) is 0 Å². The summed E-state index contributed by atoms with van der Waals surface area (Å²) in [5, 5.41) is 9.01. The highest BCUT2D eigenvalue weighted by Gasteiger charge is 2.35. The van der Waals surface area contributed by atoms with E-state index < -0.39 is 0 Å². The summed E-state index contributed by atoms with van der Waals surface area (Å²) >= 11 is 0. The summed E-state index contributed by atoms with van der Waals surface area (Å²) in [6.07, 6.45) is 9.58. The molecule has 2 unspecified atom stereocenters. The fourth-order valence-corrected chi connectivity index (χ4v) is 3.27. The second-order valence-corrected chi connectivity index (χ2v) is 6.10. The zero-order chi connectivity index (χ0) is 13.7. The van der Waals surface area contributed by atoms with Crippen LogP contribution in [-0.4, -0.2) is 41.1 Å². The molecule has 0 saturated heterocycles. The lowest BCUT2D eigenvalue weighted by molar-refractivity contribution is -0.140. The van der Waals surface area contributed by atoms with E-state index in [1.54, 1.807) is 0 Å². The van der Waals surface area contributed by atoms with Crippen molar-refractivity contribution in [3.05, 3.63) is 0 Å². The fourth-order valence-electron chi connectivity index (χ4n) is 3.27. The summed E-state index contributed by atoms with van der Waals surface area (Å²) < 4.78 is 0. The first kappa shape index (κ1) is 14.8. The van der Waals surface area contributed by atoms with Crippen LogP contribution in [0, 0.1) is 5.92 Å². The van der Waals surface area contributed by atoms with E-state index in [0.717, 1.165) is 38.5 Å². The molecular weight excluding hydrogens is 240 g/mol. The van der Waals surface area contributed by atoms with Gasteiger partial charge in [-0.05, 0) is 38.5 Å². The molecule has 2 saturated carbocycles. The number of hydrogen-bond acceptors (Lipinski definition) is 3. The van der Waals surface area contributed by atoms with E-state index in [0.29, 0.717) is 19.0 Å². The maximum absolute atomic E-state index is 12.8. The molecular formula is C15H28N2O2. The van der Waals surface area contributed by atoms with Gasteiger partial charge in [0.1, 0.15) is 0 Å². The summed E-state index contributed by atoms with van der Waals surface area (Å²) in [7, 11) is 0. The predicted octanol–water partition coefficient (Wildman–Crippen LogP) is 1.66. The average Bonchev–Trinajstić information content (AvgIpc) is 2.56. The Morgan fingerprint density at radius 2 is 1.84 bits per heavy atom. The zero-order valence-corrected chi connectivity index (χ0v) is 11.9. The minimum Gasteiger partial charge on any atom is -0.396 e. The number of aliphatic hydroxyl groups is 1. The molecule has 19 heavy (non-hydrogen) atoms. The van der Waals surface area contributed by atoms with E-state index in [1.165, 1.54) is 12.8 Å². The highest BCUT2D eigenvalue weighted by atomic mass is 16.3. The minimum absolute atomic E-state index is 0.0155. The van der Waals surface area contributed by atoms with Crippen molar-refractivity contribution < 1.29 is 9.90 Å². The number of aliphatic hydroxyl groups excluding tert-OH is 1. The van der Waals surface area contributed by atoms with Crippen LogP contribution < -0.4 is 5.73 Å². The first-order valence-corrected chi connectivity index (χ1v) is 7.91. The number of hydrogen-bond donors (Lipinski definition) is 2. The van der Waals surface area contributed by atoms with Crippen LogP contribution >= 0.6 is 0 Å². The molecule has 2 aliphatic rings. The standard InChI is InChI=1S/C15H28N2O2/c16-14-9-3-1-2-8-13(14)15(19)17(10-5-11-18)12-6-4-7-12/h12-14,18H,1-11,16H2. The molecule has 0 radical (unpaired) electrons. The number of carbonyl (C=O) groups is 1. The van der Waals surface area contributed by atoms with Crippen molar-refractivity contribution in [2.45, 2.75) is 69.9 Å². The number of nitrogens with zero attached hydrogens (tertiary/aromatic N) is 1. The maximum Gasteiger partial charge on any atom is 0.227 e. The van der Waals surface area contributed by atoms with Crippen LogP contribution in [0.3, 0.4) is 0 Å². The second-order valence-electron chi connectivity index (χ2n) is 6.10. The SMILES string of the molecule is NC1CCCCCC1C(=O)N(CCCO)C1CCC1. The molecule has 2 atom stereocenters. The van der Waals surface area contributed by atoms with Crippen molar-refractivity contribution >= 4 is 5.91 Å². The van der Waals surface area contributed by atoms with E-state index in [9.17, 15) is 4.79 Å². The zero-order valence-electron chi connectivity index (χ0n) is 11.9. The molecule has 0 aromatic rings. The van der Waals surface area contributed by atoms with Gasteiger partial charge in [0.25, 0.3) is 0 Å². The van der Waals surface area contributed by atoms with Gasteiger partial charge in [0.15, 0.2) is 0 Å². The molecule has 1 amide bonds. The molecule has 2 aliphatic carbocycles. The largest absolute Gasteiger partial charge is 0.396 e. The molecule has 4 heteroatoms. The monoisotopic (exact) mass is 268 g/mol. The number of rotatable bonds is 5. The molecule has 0 bridgehead atoms. The Labute approximate surface area is 116 Å². The van der Waals surface area contributed by atoms with Gasteiger partial charge in [-0.1, -0.05) is 19.3 Å². The van der Waals surface area contributed by atoms with Crippen molar-refractivity contribution in [3.63, 3.8) is 0 Å². The third-order valence-corrected chi connectivity index (χ3v) is 4.74. The topological polar surface area (TPSA) is 66.6 Å². The summed E-state index contributed by atoms with van der Waals surface area (Å²) in [5.41, 5.74) is 6.21. The van der Waals surface area contributed by atoms with Gasteiger partial charge in [0.05, 0.1) is 5.92 Å². The van der Waals surface area contributed by atoms with Crippen LogP contribution in [-0.2, 0) is 4.79 Å². The number of amides is 1. The highest BCUT2D eigenvalue weighted by Crippen LogP contribution is 2.30. The van der Waals surface area contributed by atoms with Crippen LogP contribution in [0.15, 0.2) is 0 Å². The molecule has 0 spiro atoms. The fraction of sp³-hybridized carbons (Fsp3) is 0.933. The summed E-state index contributed by atoms with van der Waals surface area (Å²) in [6, 6.07) is 0.446. The van der Waals surface area contributed by atoms with Gasteiger partial charge in [-0.25, -0.2) is 0 Å². The van der Waals surface area contributed by atoms with Crippen molar-refractivity contribution in [1.29, 1.82) is 0 Å². The number of nitrogens with two attached hydrogens (primary N) is 1. The molecule has 0 aromatic heterocycles. The second kappa shape index (κ2) is 7.25. The third-order valence-electron chi connectivity index (χ3n) is 4.74. The molecule has 0 heterocycles. The van der Waals surface area contributed by atoms with Crippen molar-refractivity contribution in [3.8, 4) is 0 Å². The smallest absolute Gasteiger partial charge is 0.227 e.